The van der Waals surface area contributed by atoms with Gasteiger partial charge in [0.1, 0.15) is 4.90 Å². The summed E-state index contributed by atoms with van der Waals surface area (Å²) in [6, 6.07) is 4.99. The Hall–Kier alpha value is -0.990. The third kappa shape index (κ3) is 4.49. The lowest BCUT2D eigenvalue weighted by Gasteiger charge is -2.10. The molecule has 0 fully saturated rings. The van der Waals surface area contributed by atoms with Crippen molar-refractivity contribution in [2.45, 2.75) is 17.9 Å². The zero-order valence-corrected chi connectivity index (χ0v) is 13.9. The number of hydrogen-bond donors (Lipinski definition) is 2. The molecule has 0 aliphatic heterocycles. The van der Waals surface area contributed by atoms with Gasteiger partial charge in [-0.15, -0.1) is 11.3 Å². The number of sulfonamides is 1. The molecule has 5 nitrogen and oxygen atoms in total. The Labute approximate surface area is 133 Å². The van der Waals surface area contributed by atoms with Crippen molar-refractivity contribution in [3.8, 4) is 0 Å². The molecular formula is C13H16ClN3O2S2. The zero-order valence-electron chi connectivity index (χ0n) is 11.5. The molecular weight excluding hydrogens is 330 g/mol. The van der Waals surface area contributed by atoms with Gasteiger partial charge in [0.15, 0.2) is 0 Å². The summed E-state index contributed by atoms with van der Waals surface area (Å²) in [7, 11) is -1.82. The van der Waals surface area contributed by atoms with E-state index in [2.05, 4.69) is 15.0 Å². The Kier molecular flexibility index (Phi) is 5.72. The van der Waals surface area contributed by atoms with Gasteiger partial charge in [-0.1, -0.05) is 17.7 Å². The normalized spacial score (nSPS) is 11.7. The molecule has 2 rings (SSSR count). The van der Waals surface area contributed by atoms with Gasteiger partial charge in [-0.2, -0.15) is 0 Å². The number of halogens is 1. The lowest BCUT2D eigenvalue weighted by Crippen LogP contribution is -2.26. The van der Waals surface area contributed by atoms with Crippen LogP contribution < -0.4 is 10.0 Å². The molecule has 0 bridgehead atoms. The molecule has 8 heteroatoms. The van der Waals surface area contributed by atoms with E-state index in [0.717, 1.165) is 11.3 Å². The van der Waals surface area contributed by atoms with E-state index in [0.29, 0.717) is 19.5 Å². The zero-order chi connectivity index (χ0) is 15.3. The summed E-state index contributed by atoms with van der Waals surface area (Å²) in [5.74, 6) is 0. The fraction of sp³-hybridized carbons (Fsp3) is 0.308. The first-order chi connectivity index (χ1) is 10.0. The number of thiazole rings is 1. The van der Waals surface area contributed by atoms with Crippen molar-refractivity contribution in [2.75, 3.05) is 13.6 Å². The van der Waals surface area contributed by atoms with Crippen molar-refractivity contribution in [2.24, 2.45) is 0 Å². The van der Waals surface area contributed by atoms with E-state index in [1.807, 2.05) is 5.38 Å². The van der Waals surface area contributed by atoms with E-state index in [-0.39, 0.29) is 9.92 Å². The van der Waals surface area contributed by atoms with Crippen LogP contribution in [0, 0.1) is 0 Å². The summed E-state index contributed by atoms with van der Waals surface area (Å²) in [6.07, 6.45) is 0.552. The smallest absolute Gasteiger partial charge is 0.242 e. The van der Waals surface area contributed by atoms with Crippen LogP contribution in [0.3, 0.4) is 0 Å². The number of hydrogen-bond acceptors (Lipinski definition) is 5. The van der Waals surface area contributed by atoms with Gasteiger partial charge in [-0.3, -0.25) is 0 Å². The number of benzene rings is 1. The predicted octanol–water partition coefficient (Wildman–Crippen LogP) is 2.04. The van der Waals surface area contributed by atoms with Crippen LogP contribution in [0.4, 0.5) is 0 Å². The van der Waals surface area contributed by atoms with Gasteiger partial charge < -0.3 is 5.32 Å². The largest absolute Gasteiger partial charge is 0.316 e. The molecule has 0 saturated heterocycles. The summed E-state index contributed by atoms with van der Waals surface area (Å²) < 4.78 is 27.2. The highest BCUT2D eigenvalue weighted by atomic mass is 35.5. The molecule has 0 unspecified atom stereocenters. The van der Waals surface area contributed by atoms with Crippen molar-refractivity contribution in [1.29, 1.82) is 0 Å². The molecule has 0 aliphatic rings. The predicted molar refractivity (Wildman–Crippen MR) is 85.2 cm³/mol. The lowest BCUT2D eigenvalue weighted by atomic mass is 10.2. The first-order valence-corrected chi connectivity index (χ1v) is 9.13. The average Bonchev–Trinajstić information content (AvgIpc) is 2.94. The minimum atomic E-state index is -3.62. The number of aromatic nitrogens is 1. The molecule has 21 heavy (non-hydrogen) atoms. The standard InChI is InChI=1S/C13H16ClN3O2S2/c1-15-7-10-2-3-12(14)13(6-10)21(18,19)17-5-4-11-8-20-9-16-11/h2-3,6,8-9,15,17H,4-5,7H2,1H3. The molecule has 0 amide bonds. The molecule has 0 radical (unpaired) electrons. The maximum absolute atomic E-state index is 12.3. The number of nitrogens with one attached hydrogen (secondary N) is 2. The van der Waals surface area contributed by atoms with Gasteiger partial charge in [-0.25, -0.2) is 18.1 Å². The molecule has 1 aromatic carbocycles. The second-order valence-corrected chi connectivity index (χ2v) is 7.28. The SMILES string of the molecule is CNCc1ccc(Cl)c(S(=O)(=O)NCCc2cscn2)c1. The Morgan fingerprint density at radius 2 is 2.19 bits per heavy atom. The number of rotatable bonds is 7. The molecule has 114 valence electrons. The van der Waals surface area contributed by atoms with Crippen molar-refractivity contribution >= 4 is 33.0 Å². The van der Waals surface area contributed by atoms with Crippen LogP contribution in [0.25, 0.3) is 0 Å². The maximum Gasteiger partial charge on any atom is 0.242 e. The third-order valence-corrected chi connectivity index (χ3v) is 5.40. The van der Waals surface area contributed by atoms with Crippen molar-refractivity contribution in [1.82, 2.24) is 15.0 Å². The fourth-order valence-electron chi connectivity index (χ4n) is 1.82. The van der Waals surface area contributed by atoms with Crippen LogP contribution in [0.5, 0.6) is 0 Å². The van der Waals surface area contributed by atoms with E-state index in [4.69, 9.17) is 11.6 Å². The summed E-state index contributed by atoms with van der Waals surface area (Å²) in [5.41, 5.74) is 3.46. The maximum atomic E-state index is 12.3. The molecule has 1 aromatic heterocycles. The summed E-state index contributed by atoms with van der Waals surface area (Å²) in [5, 5.41) is 5.09. The van der Waals surface area contributed by atoms with E-state index in [1.165, 1.54) is 11.3 Å². The molecule has 2 aromatic rings. The molecule has 0 spiro atoms. The Bertz CT molecular complexity index is 687. The van der Waals surface area contributed by atoms with Crippen LogP contribution >= 0.6 is 22.9 Å². The van der Waals surface area contributed by atoms with Gasteiger partial charge in [0.2, 0.25) is 10.0 Å². The highest BCUT2D eigenvalue weighted by molar-refractivity contribution is 7.89. The Morgan fingerprint density at radius 1 is 1.38 bits per heavy atom. The van der Waals surface area contributed by atoms with Crippen molar-refractivity contribution in [3.63, 3.8) is 0 Å². The van der Waals surface area contributed by atoms with Gasteiger partial charge in [-0.05, 0) is 24.7 Å². The summed E-state index contributed by atoms with van der Waals surface area (Å²) in [4.78, 5) is 4.22. The highest BCUT2D eigenvalue weighted by Crippen LogP contribution is 2.22. The lowest BCUT2D eigenvalue weighted by molar-refractivity contribution is 0.581. The van der Waals surface area contributed by atoms with Gasteiger partial charge in [0, 0.05) is 24.9 Å². The molecule has 1 heterocycles. The molecule has 0 saturated carbocycles. The number of nitrogens with zero attached hydrogens (tertiary/aromatic N) is 1. The second kappa shape index (κ2) is 7.33. The van der Waals surface area contributed by atoms with Crippen LogP contribution in [-0.4, -0.2) is 27.0 Å². The van der Waals surface area contributed by atoms with Gasteiger partial charge >= 0.3 is 0 Å². The average molecular weight is 346 g/mol. The van der Waals surface area contributed by atoms with Crippen LogP contribution in [0.15, 0.2) is 34.0 Å². The monoisotopic (exact) mass is 345 g/mol. The minimum absolute atomic E-state index is 0.107. The highest BCUT2D eigenvalue weighted by Gasteiger charge is 2.18. The van der Waals surface area contributed by atoms with Crippen molar-refractivity contribution < 1.29 is 8.42 Å². The summed E-state index contributed by atoms with van der Waals surface area (Å²) >= 11 is 7.50. The van der Waals surface area contributed by atoms with Gasteiger partial charge in [0.05, 0.1) is 16.2 Å². The van der Waals surface area contributed by atoms with E-state index < -0.39 is 10.0 Å². The van der Waals surface area contributed by atoms with Crippen LogP contribution in [0.2, 0.25) is 5.02 Å². The topological polar surface area (TPSA) is 71.1 Å². The molecule has 0 atom stereocenters. The first kappa shape index (κ1) is 16.4. The van der Waals surface area contributed by atoms with Crippen molar-refractivity contribution in [3.05, 3.63) is 45.4 Å². The quantitative estimate of drug-likeness (QED) is 0.805. The Morgan fingerprint density at radius 3 is 2.86 bits per heavy atom. The summed E-state index contributed by atoms with van der Waals surface area (Å²) in [6.45, 7) is 0.872. The van der Waals surface area contributed by atoms with E-state index in [1.54, 1.807) is 30.8 Å². The van der Waals surface area contributed by atoms with E-state index >= 15 is 0 Å². The first-order valence-electron chi connectivity index (χ1n) is 6.32. The van der Waals surface area contributed by atoms with Gasteiger partial charge in [0.25, 0.3) is 0 Å². The molecule has 2 N–H and O–H groups in total. The van der Waals surface area contributed by atoms with Crippen LogP contribution in [-0.2, 0) is 23.0 Å². The fourth-order valence-corrected chi connectivity index (χ4v) is 3.99. The molecule has 0 aliphatic carbocycles. The second-order valence-electron chi connectivity index (χ2n) is 4.42. The minimum Gasteiger partial charge on any atom is -0.316 e. The van der Waals surface area contributed by atoms with E-state index in [9.17, 15) is 8.42 Å². The van der Waals surface area contributed by atoms with Crippen LogP contribution in [0.1, 0.15) is 11.3 Å². The Balaban J connectivity index is 2.09. The third-order valence-electron chi connectivity index (χ3n) is 2.82.